The van der Waals surface area contributed by atoms with Crippen LogP contribution in [0.25, 0.3) is 11.5 Å². The van der Waals surface area contributed by atoms with Gasteiger partial charge in [0.25, 0.3) is 0 Å². The van der Waals surface area contributed by atoms with E-state index in [9.17, 15) is 0 Å². The lowest BCUT2D eigenvalue weighted by molar-refractivity contribution is 0.415. The molecule has 0 bridgehead atoms. The van der Waals surface area contributed by atoms with E-state index >= 15 is 0 Å². The third-order valence-corrected chi connectivity index (χ3v) is 2.92. The summed E-state index contributed by atoms with van der Waals surface area (Å²) in [4.78, 5) is 0. The second-order valence-electron chi connectivity index (χ2n) is 4.94. The molecule has 0 spiro atoms. The molecule has 0 amide bonds. The van der Waals surface area contributed by atoms with Crippen LogP contribution in [0.4, 0.5) is 0 Å². The average Bonchev–Trinajstić information content (AvgIpc) is 2.92. The van der Waals surface area contributed by atoms with Crippen molar-refractivity contribution >= 4 is 0 Å². The van der Waals surface area contributed by atoms with Crippen molar-refractivity contribution in [3.63, 3.8) is 0 Å². The standard InChI is InChI=1S/C15H21N3O2/c1-11(2)16-10-4-5-14-17-18-15(20-14)12-6-8-13(19-3)9-7-12/h6-9,11,16H,4-5,10H2,1-3H3. The summed E-state index contributed by atoms with van der Waals surface area (Å²) in [6.45, 7) is 5.22. The third-order valence-electron chi connectivity index (χ3n) is 2.92. The van der Waals surface area contributed by atoms with Gasteiger partial charge in [-0.05, 0) is 37.2 Å². The second-order valence-corrected chi connectivity index (χ2v) is 4.94. The van der Waals surface area contributed by atoms with Gasteiger partial charge in [-0.3, -0.25) is 0 Å². The van der Waals surface area contributed by atoms with Crippen molar-refractivity contribution in [1.29, 1.82) is 0 Å². The molecule has 2 aromatic rings. The van der Waals surface area contributed by atoms with Crippen LogP contribution in [0.15, 0.2) is 28.7 Å². The van der Waals surface area contributed by atoms with E-state index in [4.69, 9.17) is 9.15 Å². The Morgan fingerprint density at radius 2 is 1.95 bits per heavy atom. The molecule has 0 saturated heterocycles. The zero-order valence-electron chi connectivity index (χ0n) is 12.2. The van der Waals surface area contributed by atoms with Crippen LogP contribution in [0.5, 0.6) is 5.75 Å². The highest BCUT2D eigenvalue weighted by atomic mass is 16.5. The molecule has 1 N–H and O–H groups in total. The minimum Gasteiger partial charge on any atom is -0.497 e. The first-order valence-electron chi connectivity index (χ1n) is 6.89. The normalized spacial score (nSPS) is 11.0. The van der Waals surface area contributed by atoms with E-state index in [1.54, 1.807) is 7.11 Å². The van der Waals surface area contributed by atoms with Gasteiger partial charge in [-0.15, -0.1) is 10.2 Å². The molecule has 1 heterocycles. The van der Waals surface area contributed by atoms with Gasteiger partial charge in [0, 0.05) is 18.0 Å². The smallest absolute Gasteiger partial charge is 0.247 e. The fraction of sp³-hybridized carbons (Fsp3) is 0.467. The summed E-state index contributed by atoms with van der Waals surface area (Å²) in [6.07, 6.45) is 1.78. The number of nitrogens with zero attached hydrogens (tertiary/aromatic N) is 2. The summed E-state index contributed by atoms with van der Waals surface area (Å²) in [7, 11) is 1.64. The van der Waals surface area contributed by atoms with Crippen LogP contribution < -0.4 is 10.1 Å². The molecule has 5 nitrogen and oxygen atoms in total. The predicted octanol–water partition coefficient (Wildman–Crippen LogP) is 2.68. The number of hydrogen-bond acceptors (Lipinski definition) is 5. The van der Waals surface area contributed by atoms with Crippen LogP contribution in [0.3, 0.4) is 0 Å². The molecule has 1 aromatic carbocycles. The molecule has 0 radical (unpaired) electrons. The van der Waals surface area contributed by atoms with Crippen LogP contribution in [0.2, 0.25) is 0 Å². The van der Waals surface area contributed by atoms with Crippen molar-refractivity contribution in [3.8, 4) is 17.2 Å². The Kier molecular flexibility index (Phi) is 5.12. The number of aromatic nitrogens is 2. The van der Waals surface area contributed by atoms with Gasteiger partial charge in [0.1, 0.15) is 5.75 Å². The van der Waals surface area contributed by atoms with E-state index in [0.717, 1.165) is 30.7 Å². The lowest BCUT2D eigenvalue weighted by atomic mass is 10.2. The molecule has 2 rings (SSSR count). The molecule has 1 aromatic heterocycles. The Labute approximate surface area is 119 Å². The van der Waals surface area contributed by atoms with Crippen LogP contribution in [-0.2, 0) is 6.42 Å². The number of rotatable bonds is 7. The van der Waals surface area contributed by atoms with Crippen LogP contribution in [0.1, 0.15) is 26.2 Å². The highest BCUT2D eigenvalue weighted by Gasteiger charge is 2.08. The predicted molar refractivity (Wildman–Crippen MR) is 77.7 cm³/mol. The lowest BCUT2D eigenvalue weighted by Gasteiger charge is -2.05. The van der Waals surface area contributed by atoms with Gasteiger partial charge in [0.15, 0.2) is 0 Å². The molecule has 0 atom stereocenters. The van der Waals surface area contributed by atoms with Gasteiger partial charge in [-0.1, -0.05) is 13.8 Å². The summed E-state index contributed by atoms with van der Waals surface area (Å²) in [6, 6.07) is 8.09. The number of ether oxygens (including phenoxy) is 1. The first-order chi connectivity index (χ1) is 9.69. The van der Waals surface area contributed by atoms with Gasteiger partial charge < -0.3 is 14.5 Å². The highest BCUT2D eigenvalue weighted by molar-refractivity contribution is 5.53. The fourth-order valence-corrected chi connectivity index (χ4v) is 1.84. The summed E-state index contributed by atoms with van der Waals surface area (Å²) in [5.74, 6) is 2.05. The van der Waals surface area contributed by atoms with Crippen molar-refractivity contribution < 1.29 is 9.15 Å². The first kappa shape index (κ1) is 14.5. The SMILES string of the molecule is COc1ccc(-c2nnc(CCCNC(C)C)o2)cc1. The topological polar surface area (TPSA) is 60.2 Å². The average molecular weight is 275 g/mol. The Bertz CT molecular complexity index is 520. The quantitative estimate of drug-likeness (QED) is 0.787. The molecule has 0 unspecified atom stereocenters. The first-order valence-corrected chi connectivity index (χ1v) is 6.89. The zero-order valence-corrected chi connectivity index (χ0v) is 12.2. The highest BCUT2D eigenvalue weighted by Crippen LogP contribution is 2.21. The van der Waals surface area contributed by atoms with E-state index in [-0.39, 0.29) is 0 Å². The van der Waals surface area contributed by atoms with Crippen molar-refractivity contribution in [2.45, 2.75) is 32.7 Å². The Hall–Kier alpha value is -1.88. The summed E-state index contributed by atoms with van der Waals surface area (Å²) >= 11 is 0. The molecule has 5 heteroatoms. The van der Waals surface area contributed by atoms with Crippen LogP contribution >= 0.6 is 0 Å². The van der Waals surface area contributed by atoms with Crippen molar-refractivity contribution in [3.05, 3.63) is 30.2 Å². The van der Waals surface area contributed by atoms with E-state index in [0.29, 0.717) is 17.8 Å². The zero-order chi connectivity index (χ0) is 14.4. The summed E-state index contributed by atoms with van der Waals surface area (Å²) in [5, 5.41) is 11.5. The second kappa shape index (κ2) is 7.05. The van der Waals surface area contributed by atoms with Gasteiger partial charge in [0.05, 0.1) is 7.11 Å². The van der Waals surface area contributed by atoms with Gasteiger partial charge in [-0.2, -0.15) is 0 Å². The molecule has 0 aliphatic rings. The summed E-state index contributed by atoms with van der Waals surface area (Å²) in [5.41, 5.74) is 0.907. The Morgan fingerprint density at radius 3 is 2.60 bits per heavy atom. The van der Waals surface area contributed by atoms with Gasteiger partial charge >= 0.3 is 0 Å². The van der Waals surface area contributed by atoms with Crippen LogP contribution in [-0.4, -0.2) is 29.9 Å². The maximum Gasteiger partial charge on any atom is 0.247 e. The van der Waals surface area contributed by atoms with Gasteiger partial charge in [-0.25, -0.2) is 0 Å². The monoisotopic (exact) mass is 275 g/mol. The molecule has 0 aliphatic carbocycles. The minimum absolute atomic E-state index is 0.507. The van der Waals surface area contributed by atoms with E-state index in [2.05, 4.69) is 29.4 Å². The molecule has 0 fully saturated rings. The maximum atomic E-state index is 5.66. The molecule has 0 aliphatic heterocycles. The van der Waals surface area contributed by atoms with Gasteiger partial charge in [0.2, 0.25) is 11.8 Å². The van der Waals surface area contributed by atoms with Crippen molar-refractivity contribution in [2.24, 2.45) is 0 Å². The number of methoxy groups -OCH3 is 1. The molecule has 20 heavy (non-hydrogen) atoms. The Balaban J connectivity index is 1.90. The summed E-state index contributed by atoms with van der Waals surface area (Å²) < 4.78 is 10.8. The molecule has 108 valence electrons. The number of nitrogens with one attached hydrogen (secondary N) is 1. The number of hydrogen-bond donors (Lipinski definition) is 1. The van der Waals surface area contributed by atoms with E-state index < -0.39 is 0 Å². The largest absolute Gasteiger partial charge is 0.497 e. The number of aryl methyl sites for hydroxylation is 1. The van der Waals surface area contributed by atoms with E-state index in [1.165, 1.54) is 0 Å². The molecule has 0 saturated carbocycles. The van der Waals surface area contributed by atoms with E-state index in [1.807, 2.05) is 24.3 Å². The maximum absolute atomic E-state index is 5.66. The fourth-order valence-electron chi connectivity index (χ4n) is 1.84. The minimum atomic E-state index is 0.507. The Morgan fingerprint density at radius 1 is 1.20 bits per heavy atom. The number of benzene rings is 1. The molecular weight excluding hydrogens is 254 g/mol. The van der Waals surface area contributed by atoms with Crippen molar-refractivity contribution in [1.82, 2.24) is 15.5 Å². The lowest BCUT2D eigenvalue weighted by Crippen LogP contribution is -2.23. The van der Waals surface area contributed by atoms with Crippen LogP contribution in [0, 0.1) is 0 Å². The van der Waals surface area contributed by atoms with Crippen molar-refractivity contribution in [2.75, 3.05) is 13.7 Å². The third kappa shape index (κ3) is 4.06. The molecular formula is C15H21N3O2.